The third-order valence-corrected chi connectivity index (χ3v) is 3.15. The highest BCUT2D eigenvalue weighted by Crippen LogP contribution is 1.96. The van der Waals surface area contributed by atoms with Crippen molar-refractivity contribution in [2.45, 2.75) is 12.8 Å². The van der Waals surface area contributed by atoms with E-state index in [4.69, 9.17) is 0 Å². The Kier molecular flexibility index (Phi) is 11.1. The highest BCUT2D eigenvalue weighted by molar-refractivity contribution is 7.86. The molecule has 0 amide bonds. The van der Waals surface area contributed by atoms with E-state index in [1.165, 1.54) is 0 Å². The van der Waals surface area contributed by atoms with E-state index >= 15 is 0 Å². The minimum atomic E-state index is -3.36. The summed E-state index contributed by atoms with van der Waals surface area (Å²) in [7, 11) is -4.87. The van der Waals surface area contributed by atoms with Crippen LogP contribution >= 0.6 is 12.4 Å². The molecular weight excluding hydrogens is 318 g/mol. The van der Waals surface area contributed by atoms with Crippen molar-refractivity contribution < 1.29 is 25.2 Å². The van der Waals surface area contributed by atoms with Gasteiger partial charge in [-0.25, -0.2) is 0 Å². The molecule has 19 heavy (non-hydrogen) atoms. The van der Waals surface area contributed by atoms with Gasteiger partial charge in [-0.2, -0.15) is 16.8 Å². The minimum absolute atomic E-state index is 0. The molecule has 0 aromatic heterocycles. The van der Waals surface area contributed by atoms with Crippen LogP contribution in [0, 0.1) is 0 Å². The molecule has 0 saturated carbocycles. The minimum Gasteiger partial charge on any atom is -0.306 e. The third kappa shape index (κ3) is 18.1. The summed E-state index contributed by atoms with van der Waals surface area (Å²) in [5.41, 5.74) is 0. The van der Waals surface area contributed by atoms with Crippen LogP contribution in [0.25, 0.3) is 0 Å². The van der Waals surface area contributed by atoms with Crippen molar-refractivity contribution in [3.63, 3.8) is 0 Å². The number of hydrogen-bond acceptors (Lipinski definition) is 7. The van der Waals surface area contributed by atoms with E-state index in [-0.39, 0.29) is 25.6 Å². The number of halogens is 1. The number of rotatable bonds is 10. The molecule has 0 radical (unpaired) electrons. The Balaban J connectivity index is 0. The number of hydrogen-bond donors (Lipinski definition) is 0. The molecule has 0 aliphatic heterocycles. The van der Waals surface area contributed by atoms with Gasteiger partial charge in [-0.15, -0.1) is 12.4 Å². The lowest BCUT2D eigenvalue weighted by atomic mass is 10.3. The van der Waals surface area contributed by atoms with Crippen molar-refractivity contribution in [1.82, 2.24) is 4.90 Å². The zero-order chi connectivity index (χ0) is 14.2. The first-order valence-corrected chi connectivity index (χ1v) is 9.11. The van der Waals surface area contributed by atoms with Crippen molar-refractivity contribution in [2.24, 2.45) is 0 Å². The molecule has 0 aliphatic carbocycles. The Morgan fingerprint density at radius 2 is 1.16 bits per heavy atom. The van der Waals surface area contributed by atoms with Crippen molar-refractivity contribution in [3.05, 3.63) is 0 Å². The summed E-state index contributed by atoms with van der Waals surface area (Å²) in [4.78, 5) is 1.96. The molecule has 0 aromatic rings. The lowest BCUT2D eigenvalue weighted by Crippen LogP contribution is -2.23. The normalized spacial score (nSPS) is 12.4. The molecule has 0 saturated heterocycles. The summed E-state index contributed by atoms with van der Waals surface area (Å²) in [5, 5.41) is 0. The van der Waals surface area contributed by atoms with E-state index in [2.05, 4.69) is 8.37 Å². The second-order valence-electron chi connectivity index (χ2n) is 4.06. The maximum absolute atomic E-state index is 10.7. The van der Waals surface area contributed by atoms with Gasteiger partial charge in [-0.05, 0) is 19.9 Å². The molecule has 0 spiro atoms. The first-order chi connectivity index (χ1) is 8.10. The van der Waals surface area contributed by atoms with Gasteiger partial charge in [0.05, 0.1) is 25.7 Å². The predicted molar refractivity (Wildman–Crippen MR) is 75.6 cm³/mol. The summed E-state index contributed by atoms with van der Waals surface area (Å²) in [5.74, 6) is 0. The Morgan fingerprint density at radius 3 is 1.42 bits per heavy atom. The SMILES string of the molecule is CN(CCCOS(C)(=O)=O)CCCOS(C)(=O)=O.Cl. The van der Waals surface area contributed by atoms with Crippen LogP contribution < -0.4 is 0 Å². The molecule has 0 fully saturated rings. The average molecular weight is 340 g/mol. The quantitative estimate of drug-likeness (QED) is 0.411. The van der Waals surface area contributed by atoms with E-state index < -0.39 is 20.2 Å². The molecule has 0 atom stereocenters. The fourth-order valence-electron chi connectivity index (χ4n) is 1.20. The van der Waals surface area contributed by atoms with Crippen LogP contribution in [0.3, 0.4) is 0 Å². The maximum Gasteiger partial charge on any atom is 0.264 e. The lowest BCUT2D eigenvalue weighted by Gasteiger charge is -2.15. The first kappa shape index (κ1) is 21.4. The van der Waals surface area contributed by atoms with Crippen LogP contribution in [0.5, 0.6) is 0 Å². The average Bonchev–Trinajstić information content (AvgIpc) is 2.17. The summed E-state index contributed by atoms with van der Waals surface area (Å²) < 4.78 is 51.9. The molecule has 7 nitrogen and oxygen atoms in total. The van der Waals surface area contributed by atoms with Crippen LogP contribution in [-0.4, -0.2) is 67.6 Å². The second-order valence-corrected chi connectivity index (χ2v) is 7.35. The Morgan fingerprint density at radius 1 is 0.842 bits per heavy atom. The monoisotopic (exact) mass is 339 g/mol. The summed E-state index contributed by atoms with van der Waals surface area (Å²) in [6.07, 6.45) is 3.21. The van der Waals surface area contributed by atoms with Gasteiger partial charge in [-0.1, -0.05) is 0 Å². The zero-order valence-corrected chi connectivity index (χ0v) is 13.8. The zero-order valence-electron chi connectivity index (χ0n) is 11.4. The van der Waals surface area contributed by atoms with Crippen molar-refractivity contribution in [3.8, 4) is 0 Å². The maximum atomic E-state index is 10.7. The molecule has 0 aromatic carbocycles. The summed E-state index contributed by atoms with van der Waals surface area (Å²) in [6, 6.07) is 0. The van der Waals surface area contributed by atoms with Crippen LogP contribution in [0.15, 0.2) is 0 Å². The molecule has 0 aliphatic rings. The van der Waals surface area contributed by atoms with Gasteiger partial charge in [0.1, 0.15) is 0 Å². The van der Waals surface area contributed by atoms with Gasteiger partial charge in [0.25, 0.3) is 20.2 Å². The van der Waals surface area contributed by atoms with E-state index in [0.717, 1.165) is 12.5 Å². The third-order valence-electron chi connectivity index (χ3n) is 1.96. The van der Waals surface area contributed by atoms with Crippen molar-refractivity contribution in [2.75, 3.05) is 45.9 Å². The van der Waals surface area contributed by atoms with Gasteiger partial charge in [0.15, 0.2) is 0 Å². The van der Waals surface area contributed by atoms with Gasteiger partial charge < -0.3 is 4.90 Å². The van der Waals surface area contributed by atoms with Gasteiger partial charge >= 0.3 is 0 Å². The molecule has 0 heterocycles. The molecule has 0 bridgehead atoms. The molecule has 118 valence electrons. The van der Waals surface area contributed by atoms with E-state index in [9.17, 15) is 16.8 Å². The summed E-state index contributed by atoms with van der Waals surface area (Å²) in [6.45, 7) is 1.66. The van der Waals surface area contributed by atoms with Crippen LogP contribution in [0.1, 0.15) is 12.8 Å². The molecule has 10 heteroatoms. The highest BCUT2D eigenvalue weighted by Gasteiger charge is 2.04. The summed E-state index contributed by atoms with van der Waals surface area (Å²) >= 11 is 0. The van der Waals surface area contributed by atoms with Crippen LogP contribution in [0.2, 0.25) is 0 Å². The van der Waals surface area contributed by atoms with Gasteiger partial charge in [0, 0.05) is 13.1 Å². The Labute approximate surface area is 121 Å². The van der Waals surface area contributed by atoms with Crippen LogP contribution in [-0.2, 0) is 28.6 Å². The van der Waals surface area contributed by atoms with Crippen molar-refractivity contribution >= 4 is 32.6 Å². The topological polar surface area (TPSA) is 90.0 Å². The Hall–Kier alpha value is 0.0700. The van der Waals surface area contributed by atoms with Crippen molar-refractivity contribution in [1.29, 1.82) is 0 Å². The lowest BCUT2D eigenvalue weighted by molar-refractivity contribution is 0.245. The van der Waals surface area contributed by atoms with E-state index in [1.54, 1.807) is 0 Å². The number of nitrogens with zero attached hydrogens (tertiary/aromatic N) is 1. The van der Waals surface area contributed by atoms with E-state index in [1.807, 2.05) is 11.9 Å². The smallest absolute Gasteiger partial charge is 0.264 e. The molecular formula is C9H22ClNO6S2. The highest BCUT2D eigenvalue weighted by atomic mass is 35.5. The van der Waals surface area contributed by atoms with E-state index in [0.29, 0.717) is 25.9 Å². The van der Waals surface area contributed by atoms with Gasteiger partial charge in [-0.3, -0.25) is 8.37 Å². The van der Waals surface area contributed by atoms with Gasteiger partial charge in [0.2, 0.25) is 0 Å². The van der Waals surface area contributed by atoms with Crippen LogP contribution in [0.4, 0.5) is 0 Å². The standard InChI is InChI=1S/C9H21NO6S2.ClH/c1-10(6-4-8-15-17(2,11)12)7-5-9-16-18(3,13)14;/h4-9H2,1-3H3;1H. The molecule has 0 rings (SSSR count). The predicted octanol–water partition coefficient (Wildman–Crippen LogP) is 0.0726. The second kappa shape index (κ2) is 9.89. The largest absolute Gasteiger partial charge is 0.306 e. The fourth-order valence-corrected chi connectivity index (χ4v) is 2.04. The fraction of sp³-hybridized carbons (Fsp3) is 1.00. The Bertz CT molecular complexity index is 382. The first-order valence-electron chi connectivity index (χ1n) is 5.47. The molecule has 0 N–H and O–H groups in total. The molecule has 0 unspecified atom stereocenters.